The van der Waals surface area contributed by atoms with Gasteiger partial charge in [-0.15, -0.1) is 0 Å². The predicted molar refractivity (Wildman–Crippen MR) is 73.6 cm³/mol. The summed E-state index contributed by atoms with van der Waals surface area (Å²) < 4.78 is 31.8. The molecule has 1 aromatic rings. The zero-order valence-electron chi connectivity index (χ0n) is 11.3. The standard InChI is InChI=1S/C13H18N2O4S/c1-11(13(16)15-7-9-19-10-8-15)14-20(17,18)12-5-3-2-4-6-12/h2-6,11,14H,7-10H2,1H3/t11-/m0/s1. The topological polar surface area (TPSA) is 75.7 Å². The lowest BCUT2D eigenvalue weighted by Crippen LogP contribution is -2.50. The monoisotopic (exact) mass is 298 g/mol. The molecule has 1 heterocycles. The number of hydrogen-bond acceptors (Lipinski definition) is 4. The minimum Gasteiger partial charge on any atom is -0.378 e. The molecule has 1 fully saturated rings. The largest absolute Gasteiger partial charge is 0.378 e. The maximum Gasteiger partial charge on any atom is 0.241 e. The van der Waals surface area contributed by atoms with Crippen LogP contribution in [0, 0.1) is 0 Å². The predicted octanol–water partition coefficient (Wildman–Crippen LogP) is 0.212. The number of ether oxygens (including phenoxy) is 1. The third-order valence-electron chi connectivity index (χ3n) is 3.08. The van der Waals surface area contributed by atoms with Gasteiger partial charge in [-0.1, -0.05) is 18.2 Å². The highest BCUT2D eigenvalue weighted by molar-refractivity contribution is 7.89. The lowest BCUT2D eigenvalue weighted by atomic mass is 10.3. The zero-order valence-corrected chi connectivity index (χ0v) is 12.1. The van der Waals surface area contributed by atoms with Crippen molar-refractivity contribution < 1.29 is 17.9 Å². The molecule has 0 bridgehead atoms. The van der Waals surface area contributed by atoms with Crippen LogP contribution in [0.25, 0.3) is 0 Å². The second kappa shape index (κ2) is 6.34. The van der Waals surface area contributed by atoms with Gasteiger partial charge in [-0.05, 0) is 19.1 Å². The Kier molecular flexibility index (Phi) is 4.74. The van der Waals surface area contributed by atoms with Gasteiger partial charge in [0.05, 0.1) is 24.2 Å². The zero-order chi connectivity index (χ0) is 14.6. The van der Waals surface area contributed by atoms with Gasteiger partial charge >= 0.3 is 0 Å². The fourth-order valence-electron chi connectivity index (χ4n) is 2.01. The Bertz CT molecular complexity index is 553. The van der Waals surface area contributed by atoms with Crippen LogP contribution in [0.3, 0.4) is 0 Å². The number of rotatable bonds is 4. The molecule has 0 aromatic heterocycles. The molecular weight excluding hydrogens is 280 g/mol. The number of hydrogen-bond donors (Lipinski definition) is 1. The maximum absolute atomic E-state index is 12.2. The molecule has 2 rings (SSSR count). The van der Waals surface area contributed by atoms with Gasteiger partial charge in [-0.3, -0.25) is 4.79 Å². The average Bonchev–Trinajstić information content (AvgIpc) is 2.48. The van der Waals surface area contributed by atoms with E-state index in [4.69, 9.17) is 4.74 Å². The molecule has 1 atom stereocenters. The maximum atomic E-state index is 12.2. The fourth-order valence-corrected chi connectivity index (χ4v) is 3.23. The van der Waals surface area contributed by atoms with Crippen molar-refractivity contribution in [3.63, 3.8) is 0 Å². The number of nitrogens with zero attached hydrogens (tertiary/aromatic N) is 1. The Morgan fingerprint density at radius 2 is 1.85 bits per heavy atom. The first-order valence-corrected chi connectivity index (χ1v) is 7.93. The second-order valence-corrected chi connectivity index (χ2v) is 6.31. The van der Waals surface area contributed by atoms with E-state index in [1.807, 2.05) is 0 Å². The van der Waals surface area contributed by atoms with E-state index in [-0.39, 0.29) is 10.8 Å². The Morgan fingerprint density at radius 1 is 1.25 bits per heavy atom. The van der Waals surface area contributed by atoms with Crippen LogP contribution in [0.5, 0.6) is 0 Å². The summed E-state index contributed by atoms with van der Waals surface area (Å²) in [7, 11) is -3.67. The molecule has 110 valence electrons. The van der Waals surface area contributed by atoms with Crippen LogP contribution in [-0.4, -0.2) is 51.6 Å². The van der Waals surface area contributed by atoms with E-state index in [1.165, 1.54) is 12.1 Å². The first kappa shape index (κ1) is 15.0. The van der Waals surface area contributed by atoms with Crippen LogP contribution in [0.15, 0.2) is 35.2 Å². The Hall–Kier alpha value is -1.44. The van der Waals surface area contributed by atoms with E-state index < -0.39 is 16.1 Å². The minimum absolute atomic E-state index is 0.154. The number of carbonyl (C=O) groups is 1. The molecule has 6 nitrogen and oxygen atoms in total. The van der Waals surface area contributed by atoms with Gasteiger partial charge in [0.2, 0.25) is 15.9 Å². The number of nitrogens with one attached hydrogen (secondary N) is 1. The van der Waals surface area contributed by atoms with Crippen LogP contribution in [0.1, 0.15) is 6.92 Å². The normalized spacial score (nSPS) is 17.8. The molecule has 1 N–H and O–H groups in total. The van der Waals surface area contributed by atoms with E-state index in [0.29, 0.717) is 26.3 Å². The highest BCUT2D eigenvalue weighted by Gasteiger charge is 2.26. The van der Waals surface area contributed by atoms with Crippen LogP contribution < -0.4 is 4.72 Å². The van der Waals surface area contributed by atoms with Crippen molar-refractivity contribution in [1.29, 1.82) is 0 Å². The molecule has 0 spiro atoms. The first-order chi connectivity index (χ1) is 9.50. The van der Waals surface area contributed by atoms with Crippen molar-refractivity contribution in [2.75, 3.05) is 26.3 Å². The number of carbonyl (C=O) groups excluding carboxylic acids is 1. The van der Waals surface area contributed by atoms with Crippen LogP contribution in [0.4, 0.5) is 0 Å². The Labute approximate surface area is 118 Å². The molecule has 1 amide bonds. The summed E-state index contributed by atoms with van der Waals surface area (Å²) in [5, 5.41) is 0. The SMILES string of the molecule is C[C@H](NS(=O)(=O)c1ccccc1)C(=O)N1CCOCC1. The van der Waals surface area contributed by atoms with Gasteiger partial charge in [0.1, 0.15) is 0 Å². The number of amides is 1. The van der Waals surface area contributed by atoms with Gasteiger partial charge in [0.25, 0.3) is 0 Å². The van der Waals surface area contributed by atoms with Gasteiger partial charge in [-0.2, -0.15) is 4.72 Å². The summed E-state index contributed by atoms with van der Waals surface area (Å²) in [6, 6.07) is 7.22. The molecule has 1 aromatic carbocycles. The van der Waals surface area contributed by atoms with Crippen molar-refractivity contribution in [2.24, 2.45) is 0 Å². The highest BCUT2D eigenvalue weighted by Crippen LogP contribution is 2.09. The molecule has 7 heteroatoms. The van der Waals surface area contributed by atoms with E-state index in [2.05, 4.69) is 4.72 Å². The smallest absolute Gasteiger partial charge is 0.241 e. The van der Waals surface area contributed by atoms with Crippen molar-refractivity contribution in [1.82, 2.24) is 9.62 Å². The summed E-state index contributed by atoms with van der Waals surface area (Å²) >= 11 is 0. The summed E-state index contributed by atoms with van der Waals surface area (Å²) in [6.45, 7) is 3.53. The summed E-state index contributed by atoms with van der Waals surface area (Å²) in [5.74, 6) is -0.229. The van der Waals surface area contributed by atoms with E-state index in [1.54, 1.807) is 30.0 Å². The third-order valence-corrected chi connectivity index (χ3v) is 4.64. The molecule has 0 unspecified atom stereocenters. The molecule has 20 heavy (non-hydrogen) atoms. The van der Waals surface area contributed by atoms with Crippen LogP contribution in [0.2, 0.25) is 0 Å². The molecular formula is C13H18N2O4S. The van der Waals surface area contributed by atoms with Gasteiger partial charge in [0.15, 0.2) is 0 Å². The third kappa shape index (κ3) is 3.56. The van der Waals surface area contributed by atoms with Crippen molar-refractivity contribution in [3.8, 4) is 0 Å². The summed E-state index contributed by atoms with van der Waals surface area (Å²) in [4.78, 5) is 13.9. The van der Waals surface area contributed by atoms with Crippen LogP contribution in [-0.2, 0) is 19.6 Å². The van der Waals surface area contributed by atoms with Crippen molar-refractivity contribution in [2.45, 2.75) is 17.9 Å². The first-order valence-electron chi connectivity index (χ1n) is 6.44. The molecule has 1 saturated heterocycles. The van der Waals surface area contributed by atoms with E-state index >= 15 is 0 Å². The lowest BCUT2D eigenvalue weighted by molar-refractivity contribution is -0.136. The fraction of sp³-hybridized carbons (Fsp3) is 0.462. The van der Waals surface area contributed by atoms with Crippen LogP contribution >= 0.6 is 0 Å². The average molecular weight is 298 g/mol. The quantitative estimate of drug-likeness (QED) is 0.862. The Balaban J connectivity index is 2.03. The molecule has 0 saturated carbocycles. The summed E-state index contributed by atoms with van der Waals surface area (Å²) in [6.07, 6.45) is 0. The molecule has 1 aliphatic rings. The van der Waals surface area contributed by atoms with Gasteiger partial charge in [-0.25, -0.2) is 8.42 Å². The minimum atomic E-state index is -3.67. The number of morpholine rings is 1. The van der Waals surface area contributed by atoms with Crippen molar-refractivity contribution in [3.05, 3.63) is 30.3 Å². The van der Waals surface area contributed by atoms with E-state index in [0.717, 1.165) is 0 Å². The lowest BCUT2D eigenvalue weighted by Gasteiger charge is -2.29. The Morgan fingerprint density at radius 3 is 2.45 bits per heavy atom. The van der Waals surface area contributed by atoms with Gasteiger partial charge < -0.3 is 9.64 Å². The number of sulfonamides is 1. The molecule has 1 aliphatic heterocycles. The van der Waals surface area contributed by atoms with Gasteiger partial charge in [0, 0.05) is 13.1 Å². The molecule has 0 radical (unpaired) electrons. The summed E-state index contributed by atoms with van der Waals surface area (Å²) in [5.41, 5.74) is 0. The second-order valence-electron chi connectivity index (χ2n) is 4.59. The highest BCUT2D eigenvalue weighted by atomic mass is 32.2. The van der Waals surface area contributed by atoms with Crippen molar-refractivity contribution >= 4 is 15.9 Å². The number of benzene rings is 1. The van der Waals surface area contributed by atoms with E-state index in [9.17, 15) is 13.2 Å². The molecule has 0 aliphatic carbocycles.